The Hall–Kier alpha value is -1.33. The molecule has 2 rings (SSSR count). The van der Waals surface area contributed by atoms with Crippen LogP contribution >= 0.6 is 0 Å². The molecule has 0 aromatic heterocycles. The molecule has 2 heteroatoms. The molecule has 1 saturated heterocycles. The van der Waals surface area contributed by atoms with Gasteiger partial charge >= 0.3 is 0 Å². The van der Waals surface area contributed by atoms with Gasteiger partial charge in [-0.3, -0.25) is 0 Å². The first-order valence-corrected chi connectivity index (χ1v) is 4.57. The van der Waals surface area contributed by atoms with E-state index in [-0.39, 0.29) is 5.92 Å². The van der Waals surface area contributed by atoms with E-state index in [1.165, 1.54) is 5.56 Å². The van der Waals surface area contributed by atoms with Gasteiger partial charge in [0.25, 0.3) is 0 Å². The van der Waals surface area contributed by atoms with Crippen molar-refractivity contribution >= 4 is 0 Å². The molecule has 0 spiro atoms. The maximum absolute atomic E-state index is 8.91. The first kappa shape index (κ1) is 8.28. The molecule has 1 aliphatic rings. The normalized spacial score (nSPS) is 27.0. The molecule has 0 saturated carbocycles. The number of hydrogen-bond acceptors (Lipinski definition) is 2. The van der Waals surface area contributed by atoms with Gasteiger partial charge in [0.1, 0.15) is 0 Å². The fourth-order valence-corrected chi connectivity index (χ4v) is 1.86. The lowest BCUT2D eigenvalue weighted by atomic mass is 9.90. The van der Waals surface area contributed by atoms with Crippen molar-refractivity contribution in [1.29, 1.82) is 5.26 Å². The van der Waals surface area contributed by atoms with E-state index in [0.717, 1.165) is 13.1 Å². The third-order valence-corrected chi connectivity index (χ3v) is 2.61. The standard InChI is InChI=1S/C11H12N2/c12-6-10-7-13-8-11(10)9-4-2-1-3-5-9/h1-5,10-11,13H,7-8H2/t10-,11+/m1/s1. The second-order valence-electron chi connectivity index (χ2n) is 3.41. The number of nitriles is 1. The maximum Gasteiger partial charge on any atom is 0.0676 e. The van der Waals surface area contributed by atoms with Crippen molar-refractivity contribution in [3.8, 4) is 6.07 Å². The molecule has 0 unspecified atom stereocenters. The van der Waals surface area contributed by atoms with Crippen molar-refractivity contribution in [3.05, 3.63) is 35.9 Å². The largest absolute Gasteiger partial charge is 0.315 e. The molecular formula is C11H12N2. The van der Waals surface area contributed by atoms with Gasteiger partial charge in [-0.25, -0.2) is 0 Å². The van der Waals surface area contributed by atoms with Gasteiger partial charge in [0.2, 0.25) is 0 Å². The van der Waals surface area contributed by atoms with Crippen molar-refractivity contribution in [1.82, 2.24) is 5.32 Å². The monoisotopic (exact) mass is 172 g/mol. The summed E-state index contributed by atoms with van der Waals surface area (Å²) in [5.74, 6) is 0.522. The summed E-state index contributed by atoms with van der Waals surface area (Å²) in [6, 6.07) is 12.6. The molecule has 1 heterocycles. The predicted octanol–water partition coefficient (Wildman–Crippen LogP) is 1.51. The number of benzene rings is 1. The Labute approximate surface area is 78.2 Å². The van der Waals surface area contributed by atoms with Gasteiger partial charge in [-0.2, -0.15) is 5.26 Å². The first-order valence-electron chi connectivity index (χ1n) is 4.57. The fourth-order valence-electron chi connectivity index (χ4n) is 1.86. The average molecular weight is 172 g/mol. The first-order chi connectivity index (χ1) is 6.42. The van der Waals surface area contributed by atoms with E-state index in [4.69, 9.17) is 5.26 Å². The lowest BCUT2D eigenvalue weighted by Crippen LogP contribution is -2.07. The number of hydrogen-bond donors (Lipinski definition) is 1. The lowest BCUT2D eigenvalue weighted by Gasteiger charge is -2.11. The Bertz CT molecular complexity index is 313. The third kappa shape index (κ3) is 1.56. The van der Waals surface area contributed by atoms with E-state index in [1.54, 1.807) is 0 Å². The molecule has 0 radical (unpaired) electrons. The quantitative estimate of drug-likeness (QED) is 0.697. The zero-order valence-electron chi connectivity index (χ0n) is 7.40. The van der Waals surface area contributed by atoms with Gasteiger partial charge in [-0.1, -0.05) is 30.3 Å². The Morgan fingerprint density at radius 1 is 1.23 bits per heavy atom. The summed E-state index contributed by atoms with van der Waals surface area (Å²) < 4.78 is 0. The van der Waals surface area contributed by atoms with Crippen molar-refractivity contribution in [2.45, 2.75) is 5.92 Å². The van der Waals surface area contributed by atoms with Crippen molar-refractivity contribution in [2.24, 2.45) is 5.92 Å². The SMILES string of the molecule is N#C[C@@H]1CNC[C@H]1c1ccccc1. The molecule has 1 aromatic carbocycles. The Morgan fingerprint density at radius 3 is 2.69 bits per heavy atom. The third-order valence-electron chi connectivity index (χ3n) is 2.61. The van der Waals surface area contributed by atoms with Gasteiger partial charge in [0.05, 0.1) is 12.0 Å². The molecule has 0 bridgehead atoms. The predicted molar refractivity (Wildman–Crippen MR) is 51.2 cm³/mol. The number of nitrogens with zero attached hydrogens (tertiary/aromatic N) is 1. The van der Waals surface area contributed by atoms with E-state index in [9.17, 15) is 0 Å². The van der Waals surface area contributed by atoms with Crippen molar-refractivity contribution in [3.63, 3.8) is 0 Å². The van der Waals surface area contributed by atoms with Crippen molar-refractivity contribution < 1.29 is 0 Å². The van der Waals surface area contributed by atoms with Crippen LogP contribution < -0.4 is 5.32 Å². The highest BCUT2D eigenvalue weighted by Gasteiger charge is 2.27. The Morgan fingerprint density at radius 2 is 2.00 bits per heavy atom. The lowest BCUT2D eigenvalue weighted by molar-refractivity contribution is 0.646. The molecule has 1 aliphatic heterocycles. The number of nitrogens with one attached hydrogen (secondary N) is 1. The second-order valence-corrected chi connectivity index (χ2v) is 3.41. The highest BCUT2D eigenvalue weighted by molar-refractivity contribution is 5.24. The van der Waals surface area contributed by atoms with Crippen LogP contribution in [0.25, 0.3) is 0 Å². The summed E-state index contributed by atoms with van der Waals surface area (Å²) in [6.45, 7) is 1.76. The summed E-state index contributed by atoms with van der Waals surface area (Å²) in [5, 5.41) is 12.2. The molecule has 0 aliphatic carbocycles. The van der Waals surface area contributed by atoms with Crippen LogP contribution in [-0.2, 0) is 0 Å². The van der Waals surface area contributed by atoms with Gasteiger partial charge in [-0.15, -0.1) is 0 Å². The fraction of sp³-hybridized carbons (Fsp3) is 0.364. The van der Waals surface area contributed by atoms with Crippen LogP contribution in [-0.4, -0.2) is 13.1 Å². The smallest absolute Gasteiger partial charge is 0.0676 e. The van der Waals surface area contributed by atoms with Crippen LogP contribution in [0.3, 0.4) is 0 Å². The van der Waals surface area contributed by atoms with E-state index in [1.807, 2.05) is 18.2 Å². The van der Waals surface area contributed by atoms with Crippen LogP contribution in [0.4, 0.5) is 0 Å². The van der Waals surface area contributed by atoms with Crippen molar-refractivity contribution in [2.75, 3.05) is 13.1 Å². The Kier molecular flexibility index (Phi) is 2.29. The summed E-state index contributed by atoms with van der Waals surface area (Å²) in [7, 11) is 0. The molecule has 1 aromatic rings. The van der Waals surface area contributed by atoms with E-state index in [2.05, 4.69) is 23.5 Å². The van der Waals surface area contributed by atoms with E-state index in [0.29, 0.717) is 5.92 Å². The minimum atomic E-state index is 0.141. The van der Waals surface area contributed by atoms with E-state index >= 15 is 0 Å². The summed E-state index contributed by atoms with van der Waals surface area (Å²) in [6.07, 6.45) is 0. The number of rotatable bonds is 1. The van der Waals surface area contributed by atoms with Crippen LogP contribution in [0.2, 0.25) is 0 Å². The molecular weight excluding hydrogens is 160 g/mol. The van der Waals surface area contributed by atoms with Gasteiger partial charge in [-0.05, 0) is 5.56 Å². The Balaban J connectivity index is 2.22. The molecule has 66 valence electrons. The minimum Gasteiger partial charge on any atom is -0.315 e. The minimum absolute atomic E-state index is 0.141. The van der Waals surface area contributed by atoms with Crippen LogP contribution in [0.5, 0.6) is 0 Å². The summed E-state index contributed by atoms with van der Waals surface area (Å²) in [4.78, 5) is 0. The molecule has 2 atom stereocenters. The van der Waals surface area contributed by atoms with Gasteiger partial charge < -0.3 is 5.32 Å². The molecule has 1 N–H and O–H groups in total. The second kappa shape index (κ2) is 3.59. The van der Waals surface area contributed by atoms with Crippen LogP contribution in [0.1, 0.15) is 11.5 Å². The summed E-state index contributed by atoms with van der Waals surface area (Å²) >= 11 is 0. The highest BCUT2D eigenvalue weighted by Crippen LogP contribution is 2.26. The maximum atomic E-state index is 8.91. The van der Waals surface area contributed by atoms with Gasteiger partial charge in [0, 0.05) is 19.0 Å². The average Bonchev–Trinajstić information content (AvgIpc) is 2.67. The van der Waals surface area contributed by atoms with E-state index < -0.39 is 0 Å². The topological polar surface area (TPSA) is 35.8 Å². The molecule has 13 heavy (non-hydrogen) atoms. The zero-order chi connectivity index (χ0) is 9.10. The summed E-state index contributed by atoms with van der Waals surface area (Å²) in [5.41, 5.74) is 1.28. The molecule has 0 amide bonds. The van der Waals surface area contributed by atoms with Crippen LogP contribution in [0.15, 0.2) is 30.3 Å². The molecule has 2 nitrogen and oxygen atoms in total. The van der Waals surface area contributed by atoms with Gasteiger partial charge in [0.15, 0.2) is 0 Å². The molecule has 1 fully saturated rings. The zero-order valence-corrected chi connectivity index (χ0v) is 7.40. The highest BCUT2D eigenvalue weighted by atomic mass is 14.9. The van der Waals surface area contributed by atoms with Crippen LogP contribution in [0, 0.1) is 17.2 Å².